The molecule has 0 aromatic carbocycles. The molecule has 2 nitrogen and oxygen atoms in total. The minimum Gasteiger partial charge on any atom is -0.468 e. The standard InChI is InChI=1S/C18H31NO/c1-5-12-19-17(16-7-6-13-20-16)14-8-10-15(11-9-14)18(2,3)4/h6-7,13-15,17,19H,5,8-12H2,1-4H3. The van der Waals surface area contributed by atoms with Gasteiger partial charge < -0.3 is 9.73 Å². The molecule has 0 spiro atoms. The van der Waals surface area contributed by atoms with Crippen LogP contribution < -0.4 is 5.32 Å². The second-order valence-corrected chi connectivity index (χ2v) is 7.42. The van der Waals surface area contributed by atoms with Gasteiger partial charge in [-0.2, -0.15) is 0 Å². The van der Waals surface area contributed by atoms with E-state index in [-0.39, 0.29) is 0 Å². The molecular formula is C18H31NO. The van der Waals surface area contributed by atoms with Gasteiger partial charge in [-0.05, 0) is 68.0 Å². The van der Waals surface area contributed by atoms with Crippen molar-refractivity contribution in [2.24, 2.45) is 17.3 Å². The van der Waals surface area contributed by atoms with Crippen molar-refractivity contribution >= 4 is 0 Å². The highest BCUT2D eigenvalue weighted by Gasteiger charge is 2.33. The van der Waals surface area contributed by atoms with Gasteiger partial charge in [0.1, 0.15) is 5.76 Å². The van der Waals surface area contributed by atoms with E-state index in [1.807, 2.05) is 6.07 Å². The molecule has 2 heteroatoms. The Labute approximate surface area is 124 Å². The summed E-state index contributed by atoms with van der Waals surface area (Å²) in [7, 11) is 0. The lowest BCUT2D eigenvalue weighted by atomic mass is 9.68. The third-order valence-electron chi connectivity index (χ3n) is 4.93. The Balaban J connectivity index is 1.98. The fraction of sp³-hybridized carbons (Fsp3) is 0.778. The van der Waals surface area contributed by atoms with Crippen LogP contribution in [0.5, 0.6) is 0 Å². The van der Waals surface area contributed by atoms with Gasteiger partial charge in [0.15, 0.2) is 0 Å². The monoisotopic (exact) mass is 277 g/mol. The molecule has 1 unspecified atom stereocenters. The second kappa shape index (κ2) is 6.80. The van der Waals surface area contributed by atoms with E-state index in [2.05, 4.69) is 39.1 Å². The average molecular weight is 277 g/mol. The minimum absolute atomic E-state index is 0.408. The van der Waals surface area contributed by atoms with Crippen molar-refractivity contribution in [2.75, 3.05) is 6.54 Å². The first-order valence-corrected chi connectivity index (χ1v) is 8.29. The molecule has 1 aliphatic carbocycles. The Kier molecular flexibility index (Phi) is 5.31. The van der Waals surface area contributed by atoms with Gasteiger partial charge >= 0.3 is 0 Å². The lowest BCUT2D eigenvalue weighted by Crippen LogP contribution is -2.33. The lowest BCUT2D eigenvalue weighted by molar-refractivity contribution is 0.127. The van der Waals surface area contributed by atoms with Crippen LogP contribution in [0.1, 0.15) is 71.6 Å². The summed E-state index contributed by atoms with van der Waals surface area (Å²) in [4.78, 5) is 0. The third-order valence-corrected chi connectivity index (χ3v) is 4.93. The van der Waals surface area contributed by atoms with Crippen LogP contribution in [0.3, 0.4) is 0 Å². The molecule has 0 saturated heterocycles. The molecule has 1 aliphatic rings. The quantitative estimate of drug-likeness (QED) is 0.803. The van der Waals surface area contributed by atoms with Crippen LogP contribution in [-0.4, -0.2) is 6.54 Å². The molecule has 0 amide bonds. The zero-order chi connectivity index (χ0) is 14.6. The van der Waals surface area contributed by atoms with Crippen LogP contribution >= 0.6 is 0 Å². The summed E-state index contributed by atoms with van der Waals surface area (Å²) >= 11 is 0. The molecule has 2 rings (SSSR count). The number of rotatable bonds is 5. The molecule has 1 saturated carbocycles. The first kappa shape index (κ1) is 15.6. The normalized spacial score (nSPS) is 25.6. The molecule has 1 fully saturated rings. The largest absolute Gasteiger partial charge is 0.468 e. The summed E-state index contributed by atoms with van der Waals surface area (Å²) < 4.78 is 5.68. The Morgan fingerprint density at radius 2 is 1.95 bits per heavy atom. The van der Waals surface area contributed by atoms with Gasteiger partial charge in [-0.1, -0.05) is 27.7 Å². The Morgan fingerprint density at radius 1 is 1.25 bits per heavy atom. The van der Waals surface area contributed by atoms with E-state index in [1.54, 1.807) is 6.26 Å². The van der Waals surface area contributed by atoms with Crippen LogP contribution in [0.2, 0.25) is 0 Å². The van der Waals surface area contributed by atoms with E-state index in [0.717, 1.165) is 24.1 Å². The van der Waals surface area contributed by atoms with Gasteiger partial charge in [-0.3, -0.25) is 0 Å². The average Bonchev–Trinajstić information content (AvgIpc) is 2.93. The number of furan rings is 1. The van der Waals surface area contributed by atoms with Crippen molar-refractivity contribution in [1.29, 1.82) is 0 Å². The van der Waals surface area contributed by atoms with Crippen LogP contribution in [-0.2, 0) is 0 Å². The maximum Gasteiger partial charge on any atom is 0.120 e. The summed E-state index contributed by atoms with van der Waals surface area (Å²) in [5, 5.41) is 3.70. The Hall–Kier alpha value is -0.760. The summed E-state index contributed by atoms with van der Waals surface area (Å²) in [6.45, 7) is 10.5. The van der Waals surface area contributed by atoms with E-state index in [1.165, 1.54) is 32.1 Å². The summed E-state index contributed by atoms with van der Waals surface area (Å²) in [6.07, 6.45) is 8.34. The van der Waals surface area contributed by atoms with Gasteiger partial charge in [0.25, 0.3) is 0 Å². The molecule has 1 N–H and O–H groups in total. The molecule has 20 heavy (non-hydrogen) atoms. The summed E-state index contributed by atoms with van der Waals surface area (Å²) in [6, 6.07) is 4.55. The van der Waals surface area contributed by atoms with E-state index in [0.29, 0.717) is 11.5 Å². The maximum absolute atomic E-state index is 5.68. The van der Waals surface area contributed by atoms with Gasteiger partial charge in [-0.25, -0.2) is 0 Å². The van der Waals surface area contributed by atoms with Crippen LogP contribution in [0, 0.1) is 17.3 Å². The van der Waals surface area contributed by atoms with E-state index in [4.69, 9.17) is 4.42 Å². The zero-order valence-electron chi connectivity index (χ0n) is 13.6. The molecule has 1 atom stereocenters. The number of hydrogen-bond donors (Lipinski definition) is 1. The van der Waals surface area contributed by atoms with Crippen molar-refractivity contribution in [1.82, 2.24) is 5.32 Å². The molecular weight excluding hydrogens is 246 g/mol. The SMILES string of the molecule is CCCNC(c1ccco1)C1CCC(C(C)(C)C)CC1. The Bertz CT molecular complexity index is 369. The van der Waals surface area contributed by atoms with E-state index >= 15 is 0 Å². The molecule has 1 heterocycles. The summed E-state index contributed by atoms with van der Waals surface area (Å²) in [5.41, 5.74) is 0.460. The number of nitrogens with one attached hydrogen (secondary N) is 1. The molecule has 1 aromatic rings. The summed E-state index contributed by atoms with van der Waals surface area (Å²) in [5.74, 6) is 2.73. The smallest absolute Gasteiger partial charge is 0.120 e. The van der Waals surface area contributed by atoms with Crippen molar-refractivity contribution in [3.63, 3.8) is 0 Å². The van der Waals surface area contributed by atoms with Gasteiger partial charge in [0.05, 0.1) is 12.3 Å². The van der Waals surface area contributed by atoms with Crippen molar-refractivity contribution in [3.05, 3.63) is 24.2 Å². The highest BCUT2D eigenvalue weighted by molar-refractivity contribution is 5.06. The van der Waals surface area contributed by atoms with Crippen molar-refractivity contribution in [3.8, 4) is 0 Å². The van der Waals surface area contributed by atoms with E-state index < -0.39 is 0 Å². The number of hydrogen-bond acceptors (Lipinski definition) is 2. The molecule has 0 bridgehead atoms. The first-order chi connectivity index (χ1) is 9.52. The van der Waals surface area contributed by atoms with Gasteiger partial charge in [0, 0.05) is 0 Å². The fourth-order valence-corrected chi connectivity index (χ4v) is 3.59. The first-order valence-electron chi connectivity index (χ1n) is 8.29. The Morgan fingerprint density at radius 3 is 2.45 bits per heavy atom. The highest BCUT2D eigenvalue weighted by atomic mass is 16.3. The topological polar surface area (TPSA) is 25.2 Å². The molecule has 114 valence electrons. The zero-order valence-corrected chi connectivity index (χ0v) is 13.6. The molecule has 0 radical (unpaired) electrons. The van der Waals surface area contributed by atoms with Gasteiger partial charge in [0.2, 0.25) is 0 Å². The predicted octanol–water partition coefficient (Wildman–Crippen LogP) is 5.17. The maximum atomic E-state index is 5.68. The van der Waals surface area contributed by atoms with Crippen LogP contribution in [0.4, 0.5) is 0 Å². The molecule has 1 aromatic heterocycles. The predicted molar refractivity (Wildman–Crippen MR) is 84.6 cm³/mol. The van der Waals surface area contributed by atoms with Gasteiger partial charge in [-0.15, -0.1) is 0 Å². The fourth-order valence-electron chi connectivity index (χ4n) is 3.59. The van der Waals surface area contributed by atoms with Crippen molar-refractivity contribution in [2.45, 2.75) is 65.8 Å². The van der Waals surface area contributed by atoms with Crippen LogP contribution in [0.15, 0.2) is 22.8 Å². The minimum atomic E-state index is 0.408. The second-order valence-electron chi connectivity index (χ2n) is 7.42. The molecule has 0 aliphatic heterocycles. The lowest BCUT2D eigenvalue weighted by Gasteiger charge is -2.39. The van der Waals surface area contributed by atoms with Crippen molar-refractivity contribution < 1.29 is 4.42 Å². The third kappa shape index (κ3) is 3.88. The van der Waals surface area contributed by atoms with Crippen LogP contribution in [0.25, 0.3) is 0 Å². The highest BCUT2D eigenvalue weighted by Crippen LogP contribution is 2.43. The van der Waals surface area contributed by atoms with E-state index in [9.17, 15) is 0 Å².